The van der Waals surface area contributed by atoms with Crippen molar-refractivity contribution in [1.29, 1.82) is 0 Å². The van der Waals surface area contributed by atoms with Gasteiger partial charge in [-0.3, -0.25) is 9.59 Å². The molecule has 2 unspecified atom stereocenters. The predicted molar refractivity (Wildman–Crippen MR) is 106 cm³/mol. The average molecular weight is 382 g/mol. The standard InChI is InChI=1S/C21H26N4O3/c1-12-18(11-23-28-12)21(27)25-17-7-5-16(6-8-17)24-20(26)15-9-13-3-2-4-14(10-15)19(13)22/h5-8,11,13-15,19H,2-4,9-10,22H2,1H3,(H,24,26)(H,25,27). The van der Waals surface area contributed by atoms with E-state index >= 15 is 0 Å². The van der Waals surface area contributed by atoms with Crippen molar-refractivity contribution < 1.29 is 14.1 Å². The predicted octanol–water partition coefficient (Wildman–Crippen LogP) is 3.33. The van der Waals surface area contributed by atoms with Crippen LogP contribution in [0.3, 0.4) is 0 Å². The van der Waals surface area contributed by atoms with Crippen LogP contribution in [0.15, 0.2) is 35.0 Å². The first-order valence-corrected chi connectivity index (χ1v) is 9.90. The van der Waals surface area contributed by atoms with Gasteiger partial charge in [0.05, 0.1) is 6.20 Å². The molecule has 148 valence electrons. The number of fused-ring (bicyclic) bond motifs is 2. The molecule has 2 aromatic rings. The minimum Gasteiger partial charge on any atom is -0.361 e. The number of nitrogens with zero attached hydrogens (tertiary/aromatic N) is 1. The van der Waals surface area contributed by atoms with Crippen LogP contribution in [0, 0.1) is 24.7 Å². The Bertz CT molecular complexity index is 847. The zero-order valence-electron chi connectivity index (χ0n) is 16.0. The first-order chi connectivity index (χ1) is 13.5. The number of carbonyl (C=O) groups excluding carboxylic acids is 2. The minimum atomic E-state index is -0.277. The Morgan fingerprint density at radius 3 is 2.25 bits per heavy atom. The Hall–Kier alpha value is -2.67. The summed E-state index contributed by atoms with van der Waals surface area (Å²) in [5.41, 5.74) is 8.09. The lowest BCUT2D eigenvalue weighted by Crippen LogP contribution is -2.48. The van der Waals surface area contributed by atoms with Crippen molar-refractivity contribution in [3.05, 3.63) is 41.8 Å². The second-order valence-corrected chi connectivity index (χ2v) is 8.01. The summed E-state index contributed by atoms with van der Waals surface area (Å²) < 4.78 is 4.91. The molecule has 1 aromatic carbocycles. The molecule has 0 spiro atoms. The summed E-state index contributed by atoms with van der Waals surface area (Å²) in [4.78, 5) is 24.9. The Kier molecular flexibility index (Phi) is 5.17. The largest absolute Gasteiger partial charge is 0.361 e. The maximum absolute atomic E-state index is 12.7. The molecule has 2 fully saturated rings. The molecule has 0 aliphatic heterocycles. The van der Waals surface area contributed by atoms with Crippen LogP contribution in [0.2, 0.25) is 0 Å². The number of benzene rings is 1. The molecule has 2 aliphatic rings. The Balaban J connectivity index is 1.35. The fourth-order valence-corrected chi connectivity index (χ4v) is 4.60. The molecule has 2 bridgehead atoms. The van der Waals surface area contributed by atoms with Crippen molar-refractivity contribution in [3.8, 4) is 0 Å². The fraction of sp³-hybridized carbons (Fsp3) is 0.476. The van der Waals surface area contributed by atoms with E-state index in [1.165, 1.54) is 12.6 Å². The summed E-state index contributed by atoms with van der Waals surface area (Å²) in [6, 6.07) is 7.38. The van der Waals surface area contributed by atoms with Crippen LogP contribution in [0.4, 0.5) is 11.4 Å². The third kappa shape index (κ3) is 3.80. The van der Waals surface area contributed by atoms with Gasteiger partial charge in [-0.15, -0.1) is 0 Å². The number of rotatable bonds is 4. The molecule has 4 rings (SSSR count). The number of hydrogen-bond donors (Lipinski definition) is 3. The smallest absolute Gasteiger partial charge is 0.260 e. The number of aryl methyl sites for hydroxylation is 1. The van der Waals surface area contributed by atoms with Crippen molar-refractivity contribution in [2.75, 3.05) is 10.6 Å². The second-order valence-electron chi connectivity index (χ2n) is 8.01. The molecule has 2 atom stereocenters. The monoisotopic (exact) mass is 382 g/mol. The van der Waals surface area contributed by atoms with Crippen LogP contribution in [-0.2, 0) is 4.79 Å². The van der Waals surface area contributed by atoms with Crippen LogP contribution in [0.5, 0.6) is 0 Å². The lowest BCUT2D eigenvalue weighted by Gasteiger charge is -2.43. The molecule has 1 heterocycles. The van der Waals surface area contributed by atoms with Gasteiger partial charge >= 0.3 is 0 Å². The van der Waals surface area contributed by atoms with E-state index in [1.54, 1.807) is 31.2 Å². The summed E-state index contributed by atoms with van der Waals surface area (Å²) in [5, 5.41) is 9.42. The van der Waals surface area contributed by atoms with Crippen molar-refractivity contribution in [2.45, 2.75) is 45.1 Å². The molecule has 0 radical (unpaired) electrons. The van der Waals surface area contributed by atoms with Gasteiger partial charge in [-0.2, -0.15) is 0 Å². The van der Waals surface area contributed by atoms with Gasteiger partial charge in [-0.1, -0.05) is 11.6 Å². The van der Waals surface area contributed by atoms with Crippen LogP contribution >= 0.6 is 0 Å². The number of hydrogen-bond acceptors (Lipinski definition) is 5. The summed E-state index contributed by atoms with van der Waals surface area (Å²) in [5.74, 6) is 1.24. The highest BCUT2D eigenvalue weighted by Gasteiger charge is 2.40. The normalized spacial score (nSPS) is 26.5. The molecule has 28 heavy (non-hydrogen) atoms. The Morgan fingerprint density at radius 2 is 1.68 bits per heavy atom. The van der Waals surface area contributed by atoms with Crippen molar-refractivity contribution in [1.82, 2.24) is 5.16 Å². The molecular weight excluding hydrogens is 356 g/mol. The highest BCUT2D eigenvalue weighted by Crippen LogP contribution is 2.42. The summed E-state index contributed by atoms with van der Waals surface area (Å²) >= 11 is 0. The van der Waals surface area contributed by atoms with Gasteiger partial charge in [-0.25, -0.2) is 0 Å². The quantitative estimate of drug-likeness (QED) is 0.751. The van der Waals surface area contributed by atoms with Gasteiger partial charge in [0.1, 0.15) is 11.3 Å². The van der Waals surface area contributed by atoms with E-state index in [0.29, 0.717) is 28.8 Å². The van der Waals surface area contributed by atoms with Gasteiger partial charge in [0, 0.05) is 23.3 Å². The maximum atomic E-state index is 12.7. The number of amides is 2. The lowest BCUT2D eigenvalue weighted by molar-refractivity contribution is -0.122. The summed E-state index contributed by atoms with van der Waals surface area (Å²) in [6.45, 7) is 1.69. The van der Waals surface area contributed by atoms with Crippen LogP contribution < -0.4 is 16.4 Å². The highest BCUT2D eigenvalue weighted by molar-refractivity contribution is 6.04. The summed E-state index contributed by atoms with van der Waals surface area (Å²) in [7, 11) is 0. The van der Waals surface area contributed by atoms with Crippen LogP contribution in [0.1, 0.15) is 48.2 Å². The molecule has 2 amide bonds. The van der Waals surface area contributed by atoms with Crippen molar-refractivity contribution >= 4 is 23.2 Å². The van der Waals surface area contributed by atoms with Gasteiger partial charge < -0.3 is 20.9 Å². The zero-order valence-corrected chi connectivity index (χ0v) is 16.0. The lowest BCUT2D eigenvalue weighted by atomic mass is 9.65. The minimum absolute atomic E-state index is 0.0334. The fourth-order valence-electron chi connectivity index (χ4n) is 4.60. The zero-order chi connectivity index (χ0) is 19.7. The molecule has 1 aromatic heterocycles. The van der Waals surface area contributed by atoms with E-state index in [4.69, 9.17) is 10.3 Å². The number of carbonyl (C=O) groups is 2. The van der Waals surface area contributed by atoms with E-state index in [0.717, 1.165) is 31.4 Å². The third-order valence-electron chi connectivity index (χ3n) is 6.19. The van der Waals surface area contributed by atoms with Gasteiger partial charge in [-0.05, 0) is 68.7 Å². The van der Waals surface area contributed by atoms with Crippen LogP contribution in [0.25, 0.3) is 0 Å². The molecule has 2 aliphatic carbocycles. The number of nitrogens with one attached hydrogen (secondary N) is 2. The van der Waals surface area contributed by atoms with Gasteiger partial charge in [0.2, 0.25) is 5.91 Å². The van der Waals surface area contributed by atoms with Gasteiger partial charge in [0.25, 0.3) is 5.91 Å². The highest BCUT2D eigenvalue weighted by atomic mass is 16.5. The first kappa shape index (κ1) is 18.7. The first-order valence-electron chi connectivity index (χ1n) is 9.90. The molecule has 2 saturated carbocycles. The Labute approximate surface area is 164 Å². The average Bonchev–Trinajstić information content (AvgIpc) is 3.09. The van der Waals surface area contributed by atoms with E-state index in [2.05, 4.69) is 15.8 Å². The van der Waals surface area contributed by atoms with E-state index in [1.807, 2.05) is 0 Å². The summed E-state index contributed by atoms with van der Waals surface area (Å²) in [6.07, 6.45) is 6.68. The topological polar surface area (TPSA) is 110 Å². The van der Waals surface area contributed by atoms with E-state index < -0.39 is 0 Å². The molecule has 4 N–H and O–H groups in total. The molecule has 7 heteroatoms. The van der Waals surface area contributed by atoms with Crippen molar-refractivity contribution in [2.24, 2.45) is 23.5 Å². The third-order valence-corrected chi connectivity index (χ3v) is 6.19. The molecular formula is C21H26N4O3. The molecule has 7 nitrogen and oxygen atoms in total. The van der Waals surface area contributed by atoms with Gasteiger partial charge in [0.15, 0.2) is 0 Å². The molecule has 0 saturated heterocycles. The number of nitrogens with two attached hydrogens (primary N) is 1. The number of anilines is 2. The second kappa shape index (κ2) is 7.75. The van der Waals surface area contributed by atoms with E-state index in [9.17, 15) is 9.59 Å². The SMILES string of the molecule is Cc1oncc1C(=O)Nc1ccc(NC(=O)C2CC3CCCC(C2)C3N)cc1. The van der Waals surface area contributed by atoms with Crippen LogP contribution in [-0.4, -0.2) is 23.0 Å². The maximum Gasteiger partial charge on any atom is 0.260 e. The van der Waals surface area contributed by atoms with E-state index in [-0.39, 0.29) is 23.8 Å². The van der Waals surface area contributed by atoms with Crippen molar-refractivity contribution in [3.63, 3.8) is 0 Å². The Morgan fingerprint density at radius 1 is 1.07 bits per heavy atom. The number of aromatic nitrogens is 1.